The SMILES string of the molecule is COC(=O)C1=C(C(=O)OC)N(c2ccc(-c3ccc(C)o3)cc2)C(N)=C(C#N)C1c1ccccc1. The molecule has 176 valence electrons. The fourth-order valence-electron chi connectivity index (χ4n) is 4.15. The second-order valence-electron chi connectivity index (χ2n) is 7.79. The van der Waals surface area contributed by atoms with Gasteiger partial charge < -0.3 is 19.6 Å². The van der Waals surface area contributed by atoms with E-state index in [9.17, 15) is 14.9 Å². The highest BCUT2D eigenvalue weighted by molar-refractivity contribution is 6.06. The van der Waals surface area contributed by atoms with Gasteiger partial charge in [-0.05, 0) is 48.9 Å². The molecule has 2 aromatic carbocycles. The van der Waals surface area contributed by atoms with Crippen molar-refractivity contribution in [1.82, 2.24) is 0 Å². The highest BCUT2D eigenvalue weighted by Crippen LogP contribution is 2.43. The van der Waals surface area contributed by atoms with Crippen molar-refractivity contribution in [3.63, 3.8) is 0 Å². The summed E-state index contributed by atoms with van der Waals surface area (Å²) in [6.45, 7) is 1.85. The van der Waals surface area contributed by atoms with Gasteiger partial charge in [-0.25, -0.2) is 9.59 Å². The molecule has 8 nitrogen and oxygen atoms in total. The van der Waals surface area contributed by atoms with E-state index in [-0.39, 0.29) is 22.7 Å². The van der Waals surface area contributed by atoms with Crippen LogP contribution in [-0.2, 0) is 19.1 Å². The van der Waals surface area contributed by atoms with Crippen LogP contribution in [-0.4, -0.2) is 26.2 Å². The molecule has 0 fully saturated rings. The van der Waals surface area contributed by atoms with E-state index in [0.717, 1.165) is 11.3 Å². The molecule has 0 bridgehead atoms. The molecule has 1 aromatic heterocycles. The standard InChI is InChI=1S/C27H23N3O5/c1-16-9-14-21(35-16)17-10-12-19(13-11-17)30-24(27(32)34-3)23(26(31)33-2)22(20(15-28)25(30)29)18-7-5-4-6-8-18/h4-14,22H,29H2,1-3H3. The van der Waals surface area contributed by atoms with E-state index in [4.69, 9.17) is 19.6 Å². The number of hydrogen-bond donors (Lipinski definition) is 1. The van der Waals surface area contributed by atoms with Crippen LogP contribution in [0.15, 0.2) is 93.8 Å². The number of carbonyl (C=O) groups excluding carboxylic acids is 2. The van der Waals surface area contributed by atoms with Crippen molar-refractivity contribution in [2.45, 2.75) is 12.8 Å². The molecule has 3 aromatic rings. The van der Waals surface area contributed by atoms with E-state index in [1.54, 1.807) is 48.5 Å². The lowest BCUT2D eigenvalue weighted by atomic mass is 9.81. The largest absolute Gasteiger partial charge is 0.466 e. The first kappa shape index (κ1) is 23.4. The second kappa shape index (κ2) is 9.61. The average molecular weight is 469 g/mol. The van der Waals surface area contributed by atoms with Gasteiger partial charge in [0, 0.05) is 11.3 Å². The smallest absolute Gasteiger partial charge is 0.355 e. The highest BCUT2D eigenvalue weighted by Gasteiger charge is 2.42. The van der Waals surface area contributed by atoms with Gasteiger partial charge in [-0.1, -0.05) is 30.3 Å². The van der Waals surface area contributed by atoms with Crippen molar-refractivity contribution in [3.05, 3.63) is 101 Å². The van der Waals surface area contributed by atoms with Gasteiger partial charge in [-0.15, -0.1) is 0 Å². The zero-order valence-electron chi connectivity index (χ0n) is 19.4. The number of allylic oxidation sites excluding steroid dienone is 1. The van der Waals surface area contributed by atoms with Gasteiger partial charge >= 0.3 is 11.9 Å². The third-order valence-electron chi connectivity index (χ3n) is 5.76. The van der Waals surface area contributed by atoms with E-state index < -0.39 is 17.9 Å². The predicted molar refractivity (Wildman–Crippen MR) is 128 cm³/mol. The molecule has 0 amide bonds. The molecule has 0 aliphatic carbocycles. The zero-order valence-corrected chi connectivity index (χ0v) is 19.4. The second-order valence-corrected chi connectivity index (χ2v) is 7.79. The number of furan rings is 1. The lowest BCUT2D eigenvalue weighted by molar-refractivity contribution is -0.139. The zero-order chi connectivity index (χ0) is 25.1. The van der Waals surface area contributed by atoms with Gasteiger partial charge in [0.15, 0.2) is 0 Å². The fourth-order valence-corrected chi connectivity index (χ4v) is 4.15. The molecule has 8 heteroatoms. The lowest BCUT2D eigenvalue weighted by Crippen LogP contribution is -2.40. The number of hydrogen-bond acceptors (Lipinski definition) is 8. The van der Waals surface area contributed by atoms with Gasteiger partial charge in [-0.3, -0.25) is 4.90 Å². The molecular formula is C27H23N3O5. The van der Waals surface area contributed by atoms with Crippen LogP contribution < -0.4 is 10.6 Å². The minimum absolute atomic E-state index is 0.0102. The quantitative estimate of drug-likeness (QED) is 0.554. The van der Waals surface area contributed by atoms with Crippen LogP contribution in [0.1, 0.15) is 17.2 Å². The molecule has 2 heterocycles. The van der Waals surface area contributed by atoms with Crippen molar-refractivity contribution in [3.8, 4) is 17.4 Å². The van der Waals surface area contributed by atoms with Crippen LogP contribution in [0, 0.1) is 18.3 Å². The number of benzene rings is 2. The van der Waals surface area contributed by atoms with Crippen LogP contribution in [0.4, 0.5) is 5.69 Å². The topological polar surface area (TPSA) is 119 Å². The monoisotopic (exact) mass is 469 g/mol. The number of aryl methyl sites for hydroxylation is 1. The molecule has 1 unspecified atom stereocenters. The Bertz CT molecular complexity index is 1380. The molecule has 1 atom stereocenters. The van der Waals surface area contributed by atoms with Crippen molar-refractivity contribution in [1.29, 1.82) is 5.26 Å². The number of nitrogens with two attached hydrogens (primary N) is 1. The summed E-state index contributed by atoms with van der Waals surface area (Å²) < 4.78 is 15.8. The molecule has 1 aliphatic heterocycles. The maximum absolute atomic E-state index is 13.1. The Morgan fingerprint density at radius 2 is 1.63 bits per heavy atom. The van der Waals surface area contributed by atoms with Crippen LogP contribution in [0.5, 0.6) is 0 Å². The maximum Gasteiger partial charge on any atom is 0.355 e. The van der Waals surface area contributed by atoms with E-state index in [0.29, 0.717) is 17.0 Å². The Kier molecular flexibility index (Phi) is 6.42. The van der Waals surface area contributed by atoms with Gasteiger partial charge in [0.05, 0.1) is 37.4 Å². The van der Waals surface area contributed by atoms with Gasteiger partial charge in [-0.2, -0.15) is 5.26 Å². The van der Waals surface area contributed by atoms with E-state index >= 15 is 0 Å². The van der Waals surface area contributed by atoms with Crippen molar-refractivity contribution in [2.24, 2.45) is 5.73 Å². The van der Waals surface area contributed by atoms with Crippen molar-refractivity contribution >= 4 is 17.6 Å². The molecule has 1 aliphatic rings. The molecule has 0 saturated heterocycles. The molecule has 0 saturated carbocycles. The first-order valence-electron chi connectivity index (χ1n) is 10.7. The number of nitrogens with zero attached hydrogens (tertiary/aromatic N) is 2. The van der Waals surface area contributed by atoms with Gasteiger partial charge in [0.25, 0.3) is 0 Å². The number of rotatable bonds is 5. The Morgan fingerprint density at radius 1 is 0.971 bits per heavy atom. The third-order valence-corrected chi connectivity index (χ3v) is 5.76. The Morgan fingerprint density at radius 3 is 2.17 bits per heavy atom. The summed E-state index contributed by atoms with van der Waals surface area (Å²) in [6.07, 6.45) is 0. The maximum atomic E-state index is 13.1. The molecule has 2 N–H and O–H groups in total. The average Bonchev–Trinajstić information content (AvgIpc) is 3.33. The molecule has 35 heavy (non-hydrogen) atoms. The summed E-state index contributed by atoms with van der Waals surface area (Å²) in [5.41, 5.74) is 8.32. The number of ether oxygens (including phenoxy) is 2. The van der Waals surface area contributed by atoms with Crippen LogP contribution in [0.3, 0.4) is 0 Å². The minimum atomic E-state index is -0.913. The summed E-state index contributed by atoms with van der Waals surface area (Å²) in [5.74, 6) is -1.02. The van der Waals surface area contributed by atoms with Crippen molar-refractivity contribution < 1.29 is 23.5 Å². The van der Waals surface area contributed by atoms with Crippen LogP contribution in [0.2, 0.25) is 0 Å². The Labute approximate surface area is 202 Å². The van der Waals surface area contributed by atoms with Crippen LogP contribution >= 0.6 is 0 Å². The minimum Gasteiger partial charge on any atom is -0.466 e. The molecular weight excluding hydrogens is 446 g/mol. The van der Waals surface area contributed by atoms with E-state index in [2.05, 4.69) is 6.07 Å². The third kappa shape index (κ3) is 4.15. The first-order chi connectivity index (χ1) is 16.9. The van der Waals surface area contributed by atoms with E-state index in [1.807, 2.05) is 25.1 Å². The number of methoxy groups -OCH3 is 2. The summed E-state index contributed by atoms with van der Waals surface area (Å²) in [5, 5.41) is 10.1. The first-order valence-corrected chi connectivity index (χ1v) is 10.7. The fraction of sp³-hybridized carbons (Fsp3) is 0.148. The lowest BCUT2D eigenvalue weighted by Gasteiger charge is -2.35. The number of carbonyl (C=O) groups is 2. The summed E-state index contributed by atoms with van der Waals surface area (Å²) in [4.78, 5) is 27.5. The van der Waals surface area contributed by atoms with Gasteiger partial charge in [0.1, 0.15) is 23.0 Å². The van der Waals surface area contributed by atoms with E-state index in [1.165, 1.54) is 19.1 Å². The van der Waals surface area contributed by atoms with Crippen molar-refractivity contribution in [2.75, 3.05) is 19.1 Å². The predicted octanol–water partition coefficient (Wildman–Crippen LogP) is 4.15. The van der Waals surface area contributed by atoms with Crippen LogP contribution in [0.25, 0.3) is 11.3 Å². The summed E-state index contributed by atoms with van der Waals surface area (Å²) in [7, 11) is 2.42. The normalized spacial score (nSPS) is 15.6. The molecule has 0 spiro atoms. The Hall–Kier alpha value is -4.77. The summed E-state index contributed by atoms with van der Waals surface area (Å²) >= 11 is 0. The number of esters is 2. The molecule has 0 radical (unpaired) electrons. The number of nitriles is 1. The van der Waals surface area contributed by atoms with Gasteiger partial charge in [0.2, 0.25) is 0 Å². The number of anilines is 1. The molecule has 4 rings (SSSR count). The highest BCUT2D eigenvalue weighted by atomic mass is 16.5. The summed E-state index contributed by atoms with van der Waals surface area (Å²) in [6, 6.07) is 21.7. The Balaban J connectivity index is 1.95.